The molecule has 0 aliphatic heterocycles. The summed E-state index contributed by atoms with van der Waals surface area (Å²) in [5, 5.41) is 3.97. The summed E-state index contributed by atoms with van der Waals surface area (Å²) in [5.41, 5.74) is 6.23. The molecule has 0 fully saturated rings. The molecular weight excluding hydrogens is 228 g/mol. The van der Waals surface area contributed by atoms with E-state index in [1.807, 2.05) is 31.3 Å². The van der Waals surface area contributed by atoms with E-state index in [0.29, 0.717) is 13.2 Å². The fourth-order valence-electron chi connectivity index (χ4n) is 1.39. The molecular formula is C13H14N4O. The van der Waals surface area contributed by atoms with Crippen molar-refractivity contribution in [2.75, 3.05) is 6.54 Å². The highest BCUT2D eigenvalue weighted by Gasteiger charge is 2.01. The monoisotopic (exact) mass is 242 g/mol. The van der Waals surface area contributed by atoms with E-state index in [1.165, 1.54) is 6.33 Å². The van der Waals surface area contributed by atoms with Gasteiger partial charge in [-0.05, 0) is 24.3 Å². The van der Waals surface area contributed by atoms with Gasteiger partial charge in [-0.15, -0.1) is 0 Å². The Labute approximate surface area is 106 Å². The molecule has 0 aliphatic carbocycles. The SMILES string of the molecule is Cn1ncnc1COc1ccc(C#CCN)cc1. The van der Waals surface area contributed by atoms with Gasteiger partial charge in [-0.3, -0.25) is 4.68 Å². The molecule has 0 saturated carbocycles. The first-order valence-electron chi connectivity index (χ1n) is 5.54. The van der Waals surface area contributed by atoms with E-state index >= 15 is 0 Å². The second-order valence-corrected chi connectivity index (χ2v) is 3.62. The van der Waals surface area contributed by atoms with Gasteiger partial charge in [0.25, 0.3) is 0 Å². The van der Waals surface area contributed by atoms with E-state index in [0.717, 1.165) is 17.1 Å². The van der Waals surface area contributed by atoms with E-state index in [2.05, 4.69) is 21.9 Å². The number of aromatic nitrogens is 3. The molecule has 0 aliphatic rings. The van der Waals surface area contributed by atoms with Crippen molar-refractivity contribution in [3.8, 4) is 17.6 Å². The first kappa shape index (κ1) is 12.1. The number of nitrogens with two attached hydrogens (primary N) is 1. The van der Waals surface area contributed by atoms with E-state index in [9.17, 15) is 0 Å². The molecule has 5 heteroatoms. The first-order valence-corrected chi connectivity index (χ1v) is 5.54. The van der Waals surface area contributed by atoms with Crippen molar-refractivity contribution in [1.82, 2.24) is 14.8 Å². The Kier molecular flexibility index (Phi) is 3.94. The number of aryl methyl sites for hydroxylation is 1. The van der Waals surface area contributed by atoms with Crippen LogP contribution in [0, 0.1) is 11.8 Å². The van der Waals surface area contributed by atoms with Gasteiger partial charge >= 0.3 is 0 Å². The van der Waals surface area contributed by atoms with Crippen LogP contribution in [0.2, 0.25) is 0 Å². The number of benzene rings is 1. The second kappa shape index (κ2) is 5.84. The minimum absolute atomic E-state index is 0.365. The van der Waals surface area contributed by atoms with Crippen LogP contribution in [0.25, 0.3) is 0 Å². The summed E-state index contributed by atoms with van der Waals surface area (Å²) >= 11 is 0. The van der Waals surface area contributed by atoms with E-state index in [-0.39, 0.29) is 0 Å². The zero-order chi connectivity index (χ0) is 12.8. The first-order chi connectivity index (χ1) is 8.79. The number of rotatable bonds is 3. The minimum Gasteiger partial charge on any atom is -0.486 e. The third kappa shape index (κ3) is 3.09. The highest BCUT2D eigenvalue weighted by Crippen LogP contribution is 2.12. The summed E-state index contributed by atoms with van der Waals surface area (Å²) in [5.74, 6) is 7.31. The van der Waals surface area contributed by atoms with Crippen LogP contribution in [0.1, 0.15) is 11.4 Å². The lowest BCUT2D eigenvalue weighted by atomic mass is 10.2. The molecule has 1 aromatic carbocycles. The van der Waals surface area contributed by atoms with Crippen molar-refractivity contribution in [2.45, 2.75) is 6.61 Å². The summed E-state index contributed by atoms with van der Waals surface area (Å²) in [6, 6.07) is 7.54. The third-order valence-electron chi connectivity index (χ3n) is 2.36. The number of ether oxygens (including phenoxy) is 1. The Morgan fingerprint density at radius 3 is 2.72 bits per heavy atom. The lowest BCUT2D eigenvalue weighted by molar-refractivity contribution is 0.290. The van der Waals surface area contributed by atoms with Crippen LogP contribution in [-0.4, -0.2) is 21.3 Å². The van der Waals surface area contributed by atoms with Crippen LogP contribution >= 0.6 is 0 Å². The quantitative estimate of drug-likeness (QED) is 0.805. The fraction of sp³-hybridized carbons (Fsp3) is 0.231. The highest BCUT2D eigenvalue weighted by atomic mass is 16.5. The molecule has 1 heterocycles. The molecule has 0 atom stereocenters. The highest BCUT2D eigenvalue weighted by molar-refractivity contribution is 5.38. The predicted molar refractivity (Wildman–Crippen MR) is 67.7 cm³/mol. The van der Waals surface area contributed by atoms with Gasteiger partial charge in [0.2, 0.25) is 0 Å². The molecule has 5 nitrogen and oxygen atoms in total. The van der Waals surface area contributed by atoms with Crippen molar-refractivity contribution < 1.29 is 4.74 Å². The molecule has 0 radical (unpaired) electrons. The van der Waals surface area contributed by atoms with Crippen LogP contribution in [0.15, 0.2) is 30.6 Å². The standard InChI is InChI=1S/C13H14N4O/c1-17-13(15-10-16-17)9-18-12-6-4-11(5-7-12)3-2-8-14/h4-7,10H,8-9,14H2,1H3. The molecule has 2 rings (SSSR count). The lowest BCUT2D eigenvalue weighted by Crippen LogP contribution is -2.04. The second-order valence-electron chi connectivity index (χ2n) is 3.62. The van der Waals surface area contributed by atoms with Gasteiger partial charge in [0.15, 0.2) is 5.82 Å². The Balaban J connectivity index is 1.96. The molecule has 0 saturated heterocycles. The minimum atomic E-state index is 0.365. The molecule has 92 valence electrons. The molecule has 1 aromatic heterocycles. The Bertz CT molecular complexity index is 563. The van der Waals surface area contributed by atoms with Gasteiger partial charge < -0.3 is 10.5 Å². The molecule has 0 spiro atoms. The van der Waals surface area contributed by atoms with Gasteiger partial charge in [-0.1, -0.05) is 11.8 Å². The average molecular weight is 242 g/mol. The van der Waals surface area contributed by atoms with Crippen LogP contribution in [0.3, 0.4) is 0 Å². The van der Waals surface area contributed by atoms with Crippen molar-refractivity contribution in [3.05, 3.63) is 42.0 Å². The maximum atomic E-state index is 5.59. The maximum absolute atomic E-state index is 5.59. The molecule has 2 aromatic rings. The topological polar surface area (TPSA) is 66.0 Å². The molecule has 0 unspecified atom stereocenters. The van der Waals surface area contributed by atoms with E-state index in [4.69, 9.17) is 10.5 Å². The summed E-state index contributed by atoms with van der Waals surface area (Å²) in [7, 11) is 1.83. The van der Waals surface area contributed by atoms with Crippen molar-refractivity contribution in [2.24, 2.45) is 12.8 Å². The molecule has 18 heavy (non-hydrogen) atoms. The van der Waals surface area contributed by atoms with Gasteiger partial charge in [-0.2, -0.15) is 5.10 Å². The Hall–Kier alpha value is -2.32. The lowest BCUT2D eigenvalue weighted by Gasteiger charge is -2.05. The van der Waals surface area contributed by atoms with Gasteiger partial charge in [0, 0.05) is 12.6 Å². The van der Waals surface area contributed by atoms with Crippen molar-refractivity contribution in [1.29, 1.82) is 0 Å². The number of hydrogen-bond acceptors (Lipinski definition) is 4. The third-order valence-corrected chi connectivity index (χ3v) is 2.36. The van der Waals surface area contributed by atoms with E-state index in [1.54, 1.807) is 4.68 Å². The summed E-state index contributed by atoms with van der Waals surface area (Å²) < 4.78 is 7.28. The normalized spacial score (nSPS) is 9.67. The Morgan fingerprint density at radius 2 is 2.11 bits per heavy atom. The number of nitrogens with zero attached hydrogens (tertiary/aromatic N) is 3. The van der Waals surface area contributed by atoms with Crippen LogP contribution < -0.4 is 10.5 Å². The number of hydrogen-bond donors (Lipinski definition) is 1. The van der Waals surface area contributed by atoms with Crippen LogP contribution in [0.5, 0.6) is 5.75 Å². The summed E-state index contributed by atoms with van der Waals surface area (Å²) in [6.45, 7) is 0.759. The van der Waals surface area contributed by atoms with Gasteiger partial charge in [-0.25, -0.2) is 4.98 Å². The summed E-state index contributed by atoms with van der Waals surface area (Å²) in [6.07, 6.45) is 1.50. The zero-order valence-electron chi connectivity index (χ0n) is 10.1. The fourth-order valence-corrected chi connectivity index (χ4v) is 1.39. The largest absolute Gasteiger partial charge is 0.486 e. The molecule has 0 bridgehead atoms. The van der Waals surface area contributed by atoms with Crippen LogP contribution in [0.4, 0.5) is 0 Å². The maximum Gasteiger partial charge on any atom is 0.164 e. The van der Waals surface area contributed by atoms with Gasteiger partial charge in [0.05, 0.1) is 6.54 Å². The van der Waals surface area contributed by atoms with E-state index < -0.39 is 0 Å². The summed E-state index contributed by atoms with van der Waals surface area (Å²) in [4.78, 5) is 4.08. The van der Waals surface area contributed by atoms with Crippen LogP contribution in [-0.2, 0) is 13.7 Å². The van der Waals surface area contributed by atoms with Gasteiger partial charge in [0.1, 0.15) is 18.7 Å². The van der Waals surface area contributed by atoms with Crippen molar-refractivity contribution >= 4 is 0 Å². The molecule has 2 N–H and O–H groups in total. The predicted octanol–water partition coefficient (Wildman–Crippen LogP) is 0.704. The molecule has 0 amide bonds. The van der Waals surface area contributed by atoms with Crippen molar-refractivity contribution in [3.63, 3.8) is 0 Å². The smallest absolute Gasteiger partial charge is 0.164 e. The Morgan fingerprint density at radius 1 is 1.33 bits per heavy atom. The zero-order valence-corrected chi connectivity index (χ0v) is 10.1. The average Bonchev–Trinajstić information content (AvgIpc) is 2.81.